The Hall–Kier alpha value is -1.42. The first-order valence-electron chi connectivity index (χ1n) is 4.98. The summed E-state index contributed by atoms with van der Waals surface area (Å²) < 4.78 is 0. The number of likely N-dealkylation sites (N-methyl/N-ethyl adjacent to an activating group) is 1. The number of anilines is 1. The van der Waals surface area contributed by atoms with Gasteiger partial charge in [-0.05, 0) is 13.8 Å². The summed E-state index contributed by atoms with van der Waals surface area (Å²) in [6, 6.07) is 0. The number of aliphatic hydroxyl groups is 1. The molecule has 1 N–H and O–H groups in total. The normalized spacial score (nSPS) is 10.1. The molecule has 0 radical (unpaired) electrons. The van der Waals surface area contributed by atoms with Crippen molar-refractivity contribution in [2.45, 2.75) is 20.5 Å². The predicted molar refractivity (Wildman–Crippen MR) is 60.7 cm³/mol. The lowest BCUT2D eigenvalue weighted by atomic mass is 10.3. The Morgan fingerprint density at radius 1 is 1.47 bits per heavy atom. The van der Waals surface area contributed by atoms with Crippen LogP contribution in [-0.4, -0.2) is 28.2 Å². The summed E-state index contributed by atoms with van der Waals surface area (Å²) >= 11 is 0. The van der Waals surface area contributed by atoms with Gasteiger partial charge in [0.15, 0.2) is 0 Å². The van der Waals surface area contributed by atoms with E-state index in [1.54, 1.807) is 12.4 Å². The lowest BCUT2D eigenvalue weighted by Gasteiger charge is -2.21. The van der Waals surface area contributed by atoms with Gasteiger partial charge in [-0.2, -0.15) is 0 Å². The van der Waals surface area contributed by atoms with Gasteiger partial charge in [-0.1, -0.05) is 12.2 Å². The standard InChI is InChI=1S/C11H17N3O/c1-4-14(7-9(2)3)11-6-12-10(8-15)5-13-11/h5-6,15H,2,4,7-8H2,1,3H3. The lowest BCUT2D eigenvalue weighted by molar-refractivity contribution is 0.276. The van der Waals surface area contributed by atoms with Gasteiger partial charge in [0.1, 0.15) is 5.82 Å². The highest BCUT2D eigenvalue weighted by Crippen LogP contribution is 2.10. The second-order valence-electron chi connectivity index (χ2n) is 3.50. The Morgan fingerprint density at radius 2 is 2.20 bits per heavy atom. The van der Waals surface area contributed by atoms with Gasteiger partial charge in [0.2, 0.25) is 0 Å². The van der Waals surface area contributed by atoms with E-state index in [1.165, 1.54) is 0 Å². The first-order chi connectivity index (χ1) is 7.17. The van der Waals surface area contributed by atoms with Crippen LogP contribution in [0.5, 0.6) is 0 Å². The van der Waals surface area contributed by atoms with Crippen LogP contribution in [-0.2, 0) is 6.61 Å². The minimum atomic E-state index is -0.0696. The molecule has 1 rings (SSSR count). The molecule has 0 fully saturated rings. The smallest absolute Gasteiger partial charge is 0.147 e. The van der Waals surface area contributed by atoms with E-state index in [-0.39, 0.29) is 6.61 Å². The van der Waals surface area contributed by atoms with E-state index in [1.807, 2.05) is 6.92 Å². The van der Waals surface area contributed by atoms with E-state index in [0.717, 1.165) is 24.5 Å². The van der Waals surface area contributed by atoms with Gasteiger partial charge >= 0.3 is 0 Å². The van der Waals surface area contributed by atoms with Crippen LogP contribution in [0.25, 0.3) is 0 Å². The van der Waals surface area contributed by atoms with E-state index in [9.17, 15) is 0 Å². The number of aliphatic hydroxyl groups excluding tert-OH is 1. The molecule has 0 bridgehead atoms. The molecule has 0 saturated carbocycles. The fraction of sp³-hybridized carbons (Fsp3) is 0.455. The van der Waals surface area contributed by atoms with Crippen molar-refractivity contribution in [3.63, 3.8) is 0 Å². The molecule has 0 aliphatic rings. The maximum atomic E-state index is 8.84. The highest BCUT2D eigenvalue weighted by Gasteiger charge is 2.05. The summed E-state index contributed by atoms with van der Waals surface area (Å²) in [5.41, 5.74) is 1.68. The minimum Gasteiger partial charge on any atom is -0.390 e. The summed E-state index contributed by atoms with van der Waals surface area (Å²) in [7, 11) is 0. The third-order valence-electron chi connectivity index (χ3n) is 2.02. The van der Waals surface area contributed by atoms with Crippen molar-refractivity contribution in [2.75, 3.05) is 18.0 Å². The van der Waals surface area contributed by atoms with Crippen molar-refractivity contribution in [1.82, 2.24) is 9.97 Å². The Kier molecular flexibility index (Phi) is 4.24. The van der Waals surface area contributed by atoms with Crippen molar-refractivity contribution in [1.29, 1.82) is 0 Å². The molecule has 4 heteroatoms. The third kappa shape index (κ3) is 3.32. The minimum absolute atomic E-state index is 0.0696. The molecule has 1 aromatic heterocycles. The highest BCUT2D eigenvalue weighted by atomic mass is 16.3. The molecule has 82 valence electrons. The molecule has 0 aliphatic carbocycles. The maximum Gasteiger partial charge on any atom is 0.147 e. The average molecular weight is 207 g/mol. The van der Waals surface area contributed by atoms with Gasteiger partial charge in [0.25, 0.3) is 0 Å². The average Bonchev–Trinajstić information content (AvgIpc) is 2.26. The number of nitrogens with zero attached hydrogens (tertiary/aromatic N) is 3. The molecule has 0 aliphatic heterocycles. The van der Waals surface area contributed by atoms with Crippen molar-refractivity contribution < 1.29 is 5.11 Å². The van der Waals surface area contributed by atoms with E-state index in [0.29, 0.717) is 5.69 Å². The third-order valence-corrected chi connectivity index (χ3v) is 2.02. The molecule has 0 aromatic carbocycles. The molecular formula is C11H17N3O. The van der Waals surface area contributed by atoms with Crippen LogP contribution >= 0.6 is 0 Å². The fourth-order valence-electron chi connectivity index (χ4n) is 1.27. The van der Waals surface area contributed by atoms with Crippen LogP contribution in [0.2, 0.25) is 0 Å². The topological polar surface area (TPSA) is 49.2 Å². The number of rotatable bonds is 5. The van der Waals surface area contributed by atoms with Crippen LogP contribution in [0.4, 0.5) is 5.82 Å². The summed E-state index contributed by atoms with van der Waals surface area (Å²) in [6.07, 6.45) is 3.27. The van der Waals surface area contributed by atoms with E-state index >= 15 is 0 Å². The largest absolute Gasteiger partial charge is 0.390 e. The molecule has 0 atom stereocenters. The molecule has 0 spiro atoms. The SMILES string of the molecule is C=C(C)CN(CC)c1cnc(CO)cn1. The van der Waals surface area contributed by atoms with Gasteiger partial charge in [0.05, 0.1) is 24.7 Å². The van der Waals surface area contributed by atoms with E-state index < -0.39 is 0 Å². The lowest BCUT2D eigenvalue weighted by Crippen LogP contribution is -2.25. The van der Waals surface area contributed by atoms with Crippen molar-refractivity contribution in [3.05, 3.63) is 30.2 Å². The Labute approximate surface area is 90.3 Å². The summed E-state index contributed by atoms with van der Waals surface area (Å²) in [5.74, 6) is 0.817. The quantitative estimate of drug-likeness (QED) is 0.741. The summed E-state index contributed by atoms with van der Waals surface area (Å²) in [4.78, 5) is 10.4. The first-order valence-corrected chi connectivity index (χ1v) is 4.98. The number of aromatic nitrogens is 2. The summed E-state index contributed by atoms with van der Waals surface area (Å²) in [6.45, 7) is 9.49. The second kappa shape index (κ2) is 5.46. The monoisotopic (exact) mass is 207 g/mol. The van der Waals surface area contributed by atoms with Gasteiger partial charge < -0.3 is 10.0 Å². The highest BCUT2D eigenvalue weighted by molar-refractivity contribution is 5.37. The molecule has 0 unspecified atom stereocenters. The van der Waals surface area contributed by atoms with Gasteiger partial charge in [-0.3, -0.25) is 4.98 Å². The van der Waals surface area contributed by atoms with Crippen molar-refractivity contribution in [3.8, 4) is 0 Å². The zero-order valence-corrected chi connectivity index (χ0v) is 9.27. The maximum absolute atomic E-state index is 8.84. The summed E-state index contributed by atoms with van der Waals surface area (Å²) in [5, 5.41) is 8.84. The van der Waals surface area contributed by atoms with E-state index in [4.69, 9.17) is 5.11 Å². The van der Waals surface area contributed by atoms with Crippen LogP contribution in [0, 0.1) is 0 Å². The zero-order chi connectivity index (χ0) is 11.3. The zero-order valence-electron chi connectivity index (χ0n) is 9.27. The molecular weight excluding hydrogens is 190 g/mol. The molecule has 1 heterocycles. The Balaban J connectivity index is 2.78. The molecule has 15 heavy (non-hydrogen) atoms. The Morgan fingerprint density at radius 3 is 2.60 bits per heavy atom. The number of hydrogen-bond acceptors (Lipinski definition) is 4. The fourth-order valence-corrected chi connectivity index (χ4v) is 1.27. The van der Waals surface area contributed by atoms with Gasteiger partial charge in [-0.25, -0.2) is 4.98 Å². The van der Waals surface area contributed by atoms with Crippen LogP contribution < -0.4 is 4.90 Å². The van der Waals surface area contributed by atoms with E-state index in [2.05, 4.69) is 28.4 Å². The molecule has 1 aromatic rings. The van der Waals surface area contributed by atoms with Crippen LogP contribution in [0.3, 0.4) is 0 Å². The predicted octanol–water partition coefficient (Wildman–Crippen LogP) is 1.37. The van der Waals surface area contributed by atoms with Gasteiger partial charge in [0, 0.05) is 13.1 Å². The van der Waals surface area contributed by atoms with Crippen LogP contribution in [0.15, 0.2) is 24.5 Å². The molecule has 0 amide bonds. The molecule has 0 saturated heterocycles. The van der Waals surface area contributed by atoms with Crippen LogP contribution in [0.1, 0.15) is 19.5 Å². The molecule has 4 nitrogen and oxygen atoms in total. The van der Waals surface area contributed by atoms with Crippen molar-refractivity contribution >= 4 is 5.82 Å². The van der Waals surface area contributed by atoms with Gasteiger partial charge in [-0.15, -0.1) is 0 Å². The van der Waals surface area contributed by atoms with Crippen molar-refractivity contribution in [2.24, 2.45) is 0 Å². The second-order valence-corrected chi connectivity index (χ2v) is 3.50. The Bertz CT molecular complexity index is 321. The number of hydrogen-bond donors (Lipinski definition) is 1. The first kappa shape index (κ1) is 11.7.